The maximum Gasteiger partial charge on any atom is 0.120 e. The van der Waals surface area contributed by atoms with Crippen LogP contribution in [0.5, 0.6) is 5.75 Å². The van der Waals surface area contributed by atoms with Crippen LogP contribution in [0.2, 0.25) is 0 Å². The van der Waals surface area contributed by atoms with Gasteiger partial charge in [0.05, 0.1) is 6.61 Å². The van der Waals surface area contributed by atoms with Gasteiger partial charge in [-0.15, -0.1) is 0 Å². The number of hydrogen-bond donors (Lipinski definition) is 1. The summed E-state index contributed by atoms with van der Waals surface area (Å²) in [5.74, 6) is 0.968. The minimum absolute atomic E-state index is 0.712. The molecule has 116 valence electrons. The first kappa shape index (κ1) is 15.9. The fraction of sp³-hybridized carbons (Fsp3) is 0.556. The van der Waals surface area contributed by atoms with Crippen LogP contribution in [0.15, 0.2) is 18.2 Å². The Morgan fingerprint density at radius 2 is 1.95 bits per heavy atom. The lowest BCUT2D eigenvalue weighted by Gasteiger charge is -2.07. The van der Waals surface area contributed by atoms with Crippen molar-refractivity contribution in [3.05, 3.63) is 29.5 Å². The van der Waals surface area contributed by atoms with E-state index in [0.717, 1.165) is 38.2 Å². The molecular formula is C18H28N2O. The van der Waals surface area contributed by atoms with Gasteiger partial charge in [-0.2, -0.15) is 0 Å². The second-order valence-corrected chi connectivity index (χ2v) is 5.50. The highest BCUT2D eigenvalue weighted by molar-refractivity contribution is 5.87. The number of fused-ring (bicyclic) bond motifs is 1. The van der Waals surface area contributed by atoms with Gasteiger partial charge in [-0.3, -0.25) is 0 Å². The molecule has 2 aromatic rings. The monoisotopic (exact) mass is 288 g/mol. The van der Waals surface area contributed by atoms with E-state index in [4.69, 9.17) is 4.74 Å². The van der Waals surface area contributed by atoms with Crippen LogP contribution in [0.4, 0.5) is 0 Å². The van der Waals surface area contributed by atoms with E-state index < -0.39 is 0 Å². The van der Waals surface area contributed by atoms with Crippen LogP contribution < -0.4 is 10.1 Å². The zero-order chi connectivity index (χ0) is 15.2. The summed E-state index contributed by atoms with van der Waals surface area (Å²) in [6.45, 7) is 12.5. The second kappa shape index (κ2) is 7.51. The Kier molecular flexibility index (Phi) is 5.68. The van der Waals surface area contributed by atoms with Gasteiger partial charge >= 0.3 is 0 Å². The summed E-state index contributed by atoms with van der Waals surface area (Å²) in [5.41, 5.74) is 4.11. The Labute approximate surface area is 128 Å². The molecule has 0 fully saturated rings. The molecule has 0 saturated carbocycles. The number of aromatic nitrogens is 1. The standard InChI is InChI=1S/C18H28N2O/c1-5-10-19-13-17-14(4)20(11-6-2)18-9-8-15(21-7-3)12-16(17)18/h8-9,12,19H,5-7,10-11,13H2,1-4H3. The van der Waals surface area contributed by atoms with Gasteiger partial charge in [0.15, 0.2) is 0 Å². The third-order valence-electron chi connectivity index (χ3n) is 3.91. The van der Waals surface area contributed by atoms with Gasteiger partial charge in [0.1, 0.15) is 5.75 Å². The maximum atomic E-state index is 5.67. The Bertz CT molecular complexity index is 586. The van der Waals surface area contributed by atoms with Crippen molar-refractivity contribution in [3.8, 4) is 5.75 Å². The molecule has 0 spiro atoms. The highest BCUT2D eigenvalue weighted by atomic mass is 16.5. The van der Waals surface area contributed by atoms with E-state index >= 15 is 0 Å². The van der Waals surface area contributed by atoms with Crippen LogP contribution in [0.1, 0.15) is 44.9 Å². The quantitative estimate of drug-likeness (QED) is 0.735. The molecule has 3 nitrogen and oxygen atoms in total. The normalized spacial score (nSPS) is 11.2. The topological polar surface area (TPSA) is 26.2 Å². The van der Waals surface area contributed by atoms with E-state index in [9.17, 15) is 0 Å². The predicted octanol–water partition coefficient (Wildman–Crippen LogP) is 4.26. The summed E-state index contributed by atoms with van der Waals surface area (Å²) in [6, 6.07) is 6.48. The first-order valence-electron chi connectivity index (χ1n) is 8.18. The van der Waals surface area contributed by atoms with Crippen molar-refractivity contribution in [2.24, 2.45) is 0 Å². The van der Waals surface area contributed by atoms with Crippen molar-refractivity contribution in [1.29, 1.82) is 0 Å². The van der Waals surface area contributed by atoms with Crippen molar-refractivity contribution < 1.29 is 4.74 Å². The fourth-order valence-electron chi connectivity index (χ4n) is 2.91. The fourth-order valence-corrected chi connectivity index (χ4v) is 2.91. The van der Waals surface area contributed by atoms with E-state index in [0.29, 0.717) is 6.61 Å². The van der Waals surface area contributed by atoms with Gasteiger partial charge in [0.2, 0.25) is 0 Å². The second-order valence-electron chi connectivity index (χ2n) is 5.50. The summed E-state index contributed by atoms with van der Waals surface area (Å²) in [4.78, 5) is 0. The molecule has 1 heterocycles. The molecule has 3 heteroatoms. The van der Waals surface area contributed by atoms with Crippen LogP contribution in [-0.4, -0.2) is 17.7 Å². The molecular weight excluding hydrogens is 260 g/mol. The molecule has 1 N–H and O–H groups in total. The molecule has 0 saturated heterocycles. The van der Waals surface area contributed by atoms with Crippen LogP contribution in [0.3, 0.4) is 0 Å². The number of benzene rings is 1. The molecule has 0 bridgehead atoms. The lowest BCUT2D eigenvalue weighted by atomic mass is 10.1. The molecule has 1 aromatic carbocycles. The SMILES string of the molecule is CCCNCc1c(C)n(CCC)c2ccc(OCC)cc12. The van der Waals surface area contributed by atoms with Crippen molar-refractivity contribution in [2.45, 2.75) is 53.6 Å². The number of nitrogens with zero attached hydrogens (tertiary/aromatic N) is 1. The number of ether oxygens (including phenoxy) is 1. The smallest absolute Gasteiger partial charge is 0.120 e. The molecule has 0 unspecified atom stereocenters. The predicted molar refractivity (Wildman–Crippen MR) is 90.1 cm³/mol. The first-order chi connectivity index (χ1) is 10.2. The van der Waals surface area contributed by atoms with Crippen molar-refractivity contribution in [3.63, 3.8) is 0 Å². The van der Waals surface area contributed by atoms with Crippen LogP contribution in [0, 0.1) is 6.92 Å². The molecule has 0 aliphatic heterocycles. The van der Waals surface area contributed by atoms with Gasteiger partial charge in [0.25, 0.3) is 0 Å². The zero-order valence-corrected chi connectivity index (χ0v) is 13.8. The van der Waals surface area contributed by atoms with E-state index in [1.807, 2.05) is 6.92 Å². The van der Waals surface area contributed by atoms with Crippen molar-refractivity contribution in [1.82, 2.24) is 9.88 Å². The minimum Gasteiger partial charge on any atom is -0.494 e. The van der Waals surface area contributed by atoms with Gasteiger partial charge in [0, 0.05) is 29.7 Å². The summed E-state index contributed by atoms with van der Waals surface area (Å²) in [5, 5.41) is 4.87. The molecule has 0 aliphatic rings. The molecule has 1 aromatic heterocycles. The van der Waals surface area contributed by atoms with E-state index in [2.05, 4.69) is 48.9 Å². The maximum absolute atomic E-state index is 5.67. The van der Waals surface area contributed by atoms with Crippen LogP contribution in [0.25, 0.3) is 10.9 Å². The van der Waals surface area contributed by atoms with E-state index in [1.54, 1.807) is 0 Å². The molecule has 0 radical (unpaired) electrons. The summed E-state index contributed by atoms with van der Waals surface area (Å²) >= 11 is 0. The molecule has 2 rings (SSSR count). The van der Waals surface area contributed by atoms with Crippen LogP contribution in [-0.2, 0) is 13.1 Å². The summed E-state index contributed by atoms with van der Waals surface area (Å²) < 4.78 is 8.11. The summed E-state index contributed by atoms with van der Waals surface area (Å²) in [7, 11) is 0. The van der Waals surface area contributed by atoms with Crippen molar-refractivity contribution in [2.75, 3.05) is 13.2 Å². The zero-order valence-electron chi connectivity index (χ0n) is 13.8. The third-order valence-corrected chi connectivity index (χ3v) is 3.91. The number of rotatable bonds is 8. The highest BCUT2D eigenvalue weighted by Crippen LogP contribution is 2.29. The van der Waals surface area contributed by atoms with Gasteiger partial charge in [-0.25, -0.2) is 0 Å². The Morgan fingerprint density at radius 3 is 2.62 bits per heavy atom. The number of aryl methyl sites for hydroxylation is 1. The Balaban J connectivity index is 2.46. The first-order valence-corrected chi connectivity index (χ1v) is 8.18. The lowest BCUT2D eigenvalue weighted by molar-refractivity contribution is 0.340. The van der Waals surface area contributed by atoms with Crippen molar-refractivity contribution >= 4 is 10.9 Å². The average Bonchev–Trinajstić information content (AvgIpc) is 2.73. The molecule has 0 atom stereocenters. The Hall–Kier alpha value is -1.48. The third kappa shape index (κ3) is 3.41. The number of nitrogens with one attached hydrogen (secondary N) is 1. The average molecular weight is 288 g/mol. The van der Waals surface area contributed by atoms with E-state index in [-0.39, 0.29) is 0 Å². The summed E-state index contributed by atoms with van der Waals surface area (Å²) in [6.07, 6.45) is 2.32. The number of hydrogen-bond acceptors (Lipinski definition) is 2. The minimum atomic E-state index is 0.712. The molecule has 21 heavy (non-hydrogen) atoms. The van der Waals surface area contributed by atoms with Gasteiger partial charge < -0.3 is 14.6 Å². The molecule has 0 aliphatic carbocycles. The van der Waals surface area contributed by atoms with Crippen LogP contribution >= 0.6 is 0 Å². The lowest BCUT2D eigenvalue weighted by Crippen LogP contribution is -2.14. The molecule has 0 amide bonds. The largest absolute Gasteiger partial charge is 0.494 e. The van der Waals surface area contributed by atoms with Gasteiger partial charge in [-0.05, 0) is 57.0 Å². The Morgan fingerprint density at radius 1 is 1.14 bits per heavy atom. The van der Waals surface area contributed by atoms with Gasteiger partial charge in [-0.1, -0.05) is 13.8 Å². The highest BCUT2D eigenvalue weighted by Gasteiger charge is 2.14. The van der Waals surface area contributed by atoms with E-state index in [1.165, 1.54) is 22.2 Å².